The molecule has 0 amide bonds. The zero-order chi connectivity index (χ0) is 22.9. The molecule has 1 aromatic heterocycles. The Labute approximate surface area is 193 Å². The number of imidazole rings is 1. The van der Waals surface area contributed by atoms with Gasteiger partial charge < -0.3 is 4.57 Å². The predicted octanol–water partition coefficient (Wildman–Crippen LogP) is 5.76. The molecule has 6 heteroatoms. The molecule has 4 aliphatic carbocycles. The van der Waals surface area contributed by atoms with E-state index in [4.69, 9.17) is 4.18 Å². The van der Waals surface area contributed by atoms with Gasteiger partial charge in [-0.15, -0.1) is 0 Å². The Hall–Kier alpha value is -1.40. The molecule has 0 N–H and O–H groups in total. The van der Waals surface area contributed by atoms with E-state index < -0.39 is 10.1 Å². The molecule has 32 heavy (non-hydrogen) atoms. The monoisotopic (exact) mass is 458 g/mol. The van der Waals surface area contributed by atoms with Crippen LogP contribution in [0, 0.1) is 28.6 Å². The van der Waals surface area contributed by atoms with Gasteiger partial charge in [-0.2, -0.15) is 8.42 Å². The fraction of sp³-hybridized carbons (Fsp3) is 0.731. The highest BCUT2D eigenvalue weighted by Crippen LogP contribution is 2.65. The van der Waals surface area contributed by atoms with Crippen LogP contribution in [0.1, 0.15) is 84.3 Å². The Balaban J connectivity index is 1.39. The maximum atomic E-state index is 11.7. The number of rotatable bonds is 4. The molecule has 0 aromatic carbocycles. The molecule has 2 saturated carbocycles. The van der Waals surface area contributed by atoms with Gasteiger partial charge in [0, 0.05) is 17.3 Å². The van der Waals surface area contributed by atoms with Crippen LogP contribution in [0.25, 0.3) is 5.70 Å². The number of aromatic nitrogens is 2. The number of allylic oxidation sites excluding steroid dienone is 3. The molecule has 0 saturated heterocycles. The van der Waals surface area contributed by atoms with Crippen molar-refractivity contribution in [2.45, 2.75) is 84.7 Å². The van der Waals surface area contributed by atoms with Crippen LogP contribution in [0.4, 0.5) is 0 Å². The average molecular weight is 459 g/mol. The number of hydrogen-bond donors (Lipinski definition) is 0. The summed E-state index contributed by atoms with van der Waals surface area (Å²) in [6.07, 6.45) is 17.5. The van der Waals surface area contributed by atoms with Crippen LogP contribution in [0.15, 0.2) is 30.2 Å². The van der Waals surface area contributed by atoms with Crippen LogP contribution in [0.3, 0.4) is 0 Å². The molecular weight excluding hydrogens is 420 g/mol. The van der Waals surface area contributed by atoms with Gasteiger partial charge in [-0.25, -0.2) is 4.98 Å². The van der Waals surface area contributed by atoms with Crippen molar-refractivity contribution in [3.8, 4) is 0 Å². The Morgan fingerprint density at radius 2 is 1.84 bits per heavy atom. The Morgan fingerprint density at radius 1 is 1.09 bits per heavy atom. The summed E-state index contributed by atoms with van der Waals surface area (Å²) in [6, 6.07) is 0. The summed E-state index contributed by atoms with van der Waals surface area (Å²) < 4.78 is 31.0. The number of fused-ring (bicyclic) bond motifs is 5. The quantitative estimate of drug-likeness (QED) is 0.425. The molecule has 4 aliphatic rings. The molecule has 1 heterocycles. The van der Waals surface area contributed by atoms with Gasteiger partial charge in [0.15, 0.2) is 0 Å². The van der Waals surface area contributed by atoms with Crippen molar-refractivity contribution in [2.75, 3.05) is 6.26 Å². The fourth-order valence-corrected chi connectivity index (χ4v) is 8.33. The minimum absolute atomic E-state index is 0.185. The van der Waals surface area contributed by atoms with Gasteiger partial charge >= 0.3 is 0 Å². The predicted molar refractivity (Wildman–Crippen MR) is 127 cm³/mol. The highest BCUT2D eigenvalue weighted by molar-refractivity contribution is 7.86. The molecule has 176 valence electrons. The third kappa shape index (κ3) is 3.53. The van der Waals surface area contributed by atoms with Crippen molar-refractivity contribution in [3.05, 3.63) is 35.9 Å². The second-order valence-electron chi connectivity index (χ2n) is 11.6. The van der Waals surface area contributed by atoms with Crippen molar-refractivity contribution >= 4 is 15.8 Å². The molecule has 0 aliphatic heterocycles. The summed E-state index contributed by atoms with van der Waals surface area (Å²) >= 11 is 0. The Kier molecular flexibility index (Phi) is 5.29. The lowest BCUT2D eigenvalue weighted by molar-refractivity contribution is -0.0217. The summed E-state index contributed by atoms with van der Waals surface area (Å²) in [6.45, 7) is 9.34. The van der Waals surface area contributed by atoms with Crippen LogP contribution >= 0.6 is 0 Å². The Bertz CT molecular complexity index is 1070. The summed E-state index contributed by atoms with van der Waals surface area (Å²) in [7, 11) is -3.40. The van der Waals surface area contributed by atoms with Gasteiger partial charge in [0.2, 0.25) is 0 Å². The molecule has 1 aromatic rings. The third-order valence-electron chi connectivity index (χ3n) is 9.38. The van der Waals surface area contributed by atoms with Crippen molar-refractivity contribution in [3.63, 3.8) is 0 Å². The topological polar surface area (TPSA) is 61.2 Å². The van der Waals surface area contributed by atoms with Gasteiger partial charge in [-0.05, 0) is 74.0 Å². The van der Waals surface area contributed by atoms with E-state index in [1.165, 1.54) is 30.4 Å². The summed E-state index contributed by atoms with van der Waals surface area (Å²) in [4.78, 5) is 4.67. The molecule has 6 atom stereocenters. The van der Waals surface area contributed by atoms with Crippen LogP contribution in [-0.2, 0) is 14.3 Å². The zero-order valence-corrected chi connectivity index (χ0v) is 21.0. The van der Waals surface area contributed by atoms with Gasteiger partial charge in [0.1, 0.15) is 0 Å². The fourth-order valence-electron chi connectivity index (χ4n) is 7.67. The van der Waals surface area contributed by atoms with E-state index in [1.54, 1.807) is 0 Å². The molecular formula is C26H38N2O3S. The minimum Gasteiger partial charge on any atom is -0.310 e. The van der Waals surface area contributed by atoms with E-state index in [0.717, 1.165) is 37.8 Å². The minimum atomic E-state index is -3.40. The van der Waals surface area contributed by atoms with Crippen LogP contribution in [0.2, 0.25) is 0 Å². The Morgan fingerprint density at radius 3 is 2.53 bits per heavy atom. The first-order valence-electron chi connectivity index (χ1n) is 12.3. The zero-order valence-electron chi connectivity index (χ0n) is 20.2. The van der Waals surface area contributed by atoms with E-state index in [9.17, 15) is 8.42 Å². The van der Waals surface area contributed by atoms with E-state index in [2.05, 4.69) is 55.6 Å². The largest absolute Gasteiger partial charge is 0.310 e. The first kappa shape index (κ1) is 22.4. The SMILES string of the molecule is CC(C)c1cn(C2=CCC3C4CC=C5C[C@@H](OS(C)(=O)=O)CC[C@]5(C)C4CC[C@]23C)cn1. The number of hydrogen-bond acceptors (Lipinski definition) is 4. The molecule has 0 spiro atoms. The average Bonchev–Trinajstić information content (AvgIpc) is 3.31. The normalized spacial score (nSPS) is 39.2. The first-order valence-corrected chi connectivity index (χ1v) is 14.2. The highest BCUT2D eigenvalue weighted by atomic mass is 32.2. The maximum absolute atomic E-state index is 11.7. The second-order valence-corrected chi connectivity index (χ2v) is 13.2. The summed E-state index contributed by atoms with van der Waals surface area (Å²) in [5.74, 6) is 2.49. The van der Waals surface area contributed by atoms with Crippen molar-refractivity contribution < 1.29 is 12.6 Å². The summed E-state index contributed by atoms with van der Waals surface area (Å²) in [5, 5.41) is 0. The number of nitrogens with zero attached hydrogens (tertiary/aromatic N) is 2. The van der Waals surface area contributed by atoms with Gasteiger partial charge in [-0.3, -0.25) is 4.18 Å². The lowest BCUT2D eigenvalue weighted by Gasteiger charge is -2.57. The van der Waals surface area contributed by atoms with Crippen LogP contribution in [0.5, 0.6) is 0 Å². The molecule has 0 bridgehead atoms. The van der Waals surface area contributed by atoms with Crippen LogP contribution in [-0.4, -0.2) is 30.3 Å². The van der Waals surface area contributed by atoms with E-state index in [1.807, 2.05) is 6.33 Å². The molecule has 2 fully saturated rings. The second kappa shape index (κ2) is 7.56. The van der Waals surface area contributed by atoms with E-state index >= 15 is 0 Å². The van der Waals surface area contributed by atoms with Crippen molar-refractivity contribution in [1.82, 2.24) is 9.55 Å². The van der Waals surface area contributed by atoms with Crippen LogP contribution < -0.4 is 0 Å². The highest BCUT2D eigenvalue weighted by Gasteiger charge is 2.57. The smallest absolute Gasteiger partial charge is 0.264 e. The lowest BCUT2D eigenvalue weighted by Crippen LogP contribution is -2.50. The standard InChI is InChI=1S/C26H38N2O3S/c1-17(2)23-15-28(16-27-23)24-9-8-21-20-7-6-18-14-19(31-32(5,29)30)10-12-25(18,3)22(20)11-13-26(21,24)4/h6,9,15-17,19-22H,7-8,10-14H2,1-5H3/t19-,20?,21?,22?,25-,26-/m0/s1. The molecule has 0 radical (unpaired) electrons. The van der Waals surface area contributed by atoms with Crippen molar-refractivity contribution in [2.24, 2.45) is 28.6 Å². The third-order valence-corrected chi connectivity index (χ3v) is 10.0. The molecule has 3 unspecified atom stereocenters. The maximum Gasteiger partial charge on any atom is 0.264 e. The van der Waals surface area contributed by atoms with E-state index in [-0.39, 0.29) is 16.9 Å². The van der Waals surface area contributed by atoms with E-state index in [0.29, 0.717) is 23.7 Å². The van der Waals surface area contributed by atoms with Gasteiger partial charge in [0.25, 0.3) is 10.1 Å². The van der Waals surface area contributed by atoms with Gasteiger partial charge in [0.05, 0.1) is 24.4 Å². The summed E-state index contributed by atoms with van der Waals surface area (Å²) in [5.41, 5.74) is 4.45. The first-order chi connectivity index (χ1) is 15.0. The van der Waals surface area contributed by atoms with Crippen molar-refractivity contribution in [1.29, 1.82) is 0 Å². The lowest BCUT2D eigenvalue weighted by atomic mass is 9.48. The molecule has 5 nitrogen and oxygen atoms in total. The van der Waals surface area contributed by atoms with Gasteiger partial charge in [-0.1, -0.05) is 45.4 Å². The molecule has 5 rings (SSSR count).